The maximum Gasteiger partial charge on any atom is 0.255 e. The van der Waals surface area contributed by atoms with Crippen LogP contribution in [0.15, 0.2) is 83.8 Å². The van der Waals surface area contributed by atoms with Gasteiger partial charge in [0.25, 0.3) is 5.91 Å². The lowest BCUT2D eigenvalue weighted by Crippen LogP contribution is -2.16. The Hall–Kier alpha value is -3.12. The van der Waals surface area contributed by atoms with Gasteiger partial charge in [-0.05, 0) is 56.3 Å². The number of amides is 1. The van der Waals surface area contributed by atoms with Crippen LogP contribution in [0.1, 0.15) is 24.2 Å². The van der Waals surface area contributed by atoms with E-state index in [1.165, 1.54) is 12.1 Å². The van der Waals surface area contributed by atoms with Crippen LogP contribution < -0.4 is 10.1 Å². The van der Waals surface area contributed by atoms with Crippen LogP contribution in [-0.2, 0) is 9.84 Å². The molecule has 0 saturated heterocycles. The van der Waals surface area contributed by atoms with Crippen LogP contribution in [0.25, 0.3) is 0 Å². The molecule has 144 valence electrons. The van der Waals surface area contributed by atoms with Crippen molar-refractivity contribution in [3.63, 3.8) is 0 Å². The highest BCUT2D eigenvalue weighted by atomic mass is 32.2. The predicted octanol–water partition coefficient (Wildman–Crippen LogP) is 4.91. The van der Waals surface area contributed by atoms with E-state index in [1.807, 2.05) is 36.4 Å². The molecule has 0 spiro atoms. The summed E-state index contributed by atoms with van der Waals surface area (Å²) in [6, 6.07) is 22.4. The monoisotopic (exact) mass is 395 g/mol. The Bertz CT molecular complexity index is 1080. The van der Waals surface area contributed by atoms with E-state index in [-0.39, 0.29) is 10.5 Å². The first kappa shape index (κ1) is 19.6. The highest BCUT2D eigenvalue weighted by molar-refractivity contribution is 7.92. The van der Waals surface area contributed by atoms with E-state index in [9.17, 15) is 13.2 Å². The number of hydrogen-bond donors (Lipinski definition) is 1. The summed E-state index contributed by atoms with van der Waals surface area (Å²) in [4.78, 5) is 12.8. The Morgan fingerprint density at radius 2 is 1.57 bits per heavy atom. The van der Waals surface area contributed by atoms with E-state index in [4.69, 9.17) is 4.74 Å². The molecule has 3 rings (SSSR count). The zero-order chi connectivity index (χ0) is 20.1. The third-order valence-corrected chi connectivity index (χ3v) is 6.30. The zero-order valence-corrected chi connectivity index (χ0v) is 16.4. The second-order valence-corrected chi connectivity index (χ2v) is 8.99. The number of nitrogens with one attached hydrogen (secondary N) is 1. The van der Waals surface area contributed by atoms with Gasteiger partial charge < -0.3 is 10.1 Å². The van der Waals surface area contributed by atoms with Crippen molar-refractivity contribution in [2.45, 2.75) is 24.0 Å². The molecule has 0 atom stereocenters. The first-order valence-corrected chi connectivity index (χ1v) is 10.4. The number of ether oxygens (including phenoxy) is 1. The molecular weight excluding hydrogens is 374 g/mol. The van der Waals surface area contributed by atoms with Gasteiger partial charge in [-0.3, -0.25) is 4.79 Å². The molecule has 0 aromatic heterocycles. The lowest BCUT2D eigenvalue weighted by molar-refractivity contribution is 0.102. The lowest BCUT2D eigenvalue weighted by Gasteiger charge is -2.13. The summed E-state index contributed by atoms with van der Waals surface area (Å²) in [6.45, 7) is 3.22. The standard InChI is InChI=1S/C22H21NO4S/c1-16(2)28(25,26)19-12-8-9-17(15-19)22(24)23-20-13-6-7-14-21(20)27-18-10-4-3-5-11-18/h3-16H,1-2H3,(H,23,24). The summed E-state index contributed by atoms with van der Waals surface area (Å²) in [5.41, 5.74) is 0.754. The molecule has 5 nitrogen and oxygen atoms in total. The van der Waals surface area contributed by atoms with E-state index >= 15 is 0 Å². The van der Waals surface area contributed by atoms with Crippen LogP contribution in [0.5, 0.6) is 11.5 Å². The minimum absolute atomic E-state index is 0.129. The van der Waals surface area contributed by atoms with Gasteiger partial charge in [0.15, 0.2) is 15.6 Å². The fourth-order valence-corrected chi connectivity index (χ4v) is 3.66. The van der Waals surface area contributed by atoms with Crippen molar-refractivity contribution >= 4 is 21.4 Å². The molecule has 1 amide bonds. The van der Waals surface area contributed by atoms with E-state index in [0.29, 0.717) is 17.2 Å². The van der Waals surface area contributed by atoms with Gasteiger partial charge >= 0.3 is 0 Å². The minimum atomic E-state index is -3.46. The highest BCUT2D eigenvalue weighted by Crippen LogP contribution is 2.29. The molecule has 0 aliphatic rings. The topological polar surface area (TPSA) is 72.5 Å². The normalized spacial score (nSPS) is 11.2. The van der Waals surface area contributed by atoms with E-state index in [1.54, 1.807) is 44.2 Å². The first-order valence-electron chi connectivity index (χ1n) is 8.85. The smallest absolute Gasteiger partial charge is 0.255 e. The number of sulfone groups is 1. The quantitative estimate of drug-likeness (QED) is 0.643. The van der Waals surface area contributed by atoms with Crippen LogP contribution in [0.3, 0.4) is 0 Å². The molecule has 0 radical (unpaired) electrons. The van der Waals surface area contributed by atoms with Crippen LogP contribution in [0.4, 0.5) is 5.69 Å². The lowest BCUT2D eigenvalue weighted by atomic mass is 10.2. The van der Waals surface area contributed by atoms with Crippen molar-refractivity contribution in [3.05, 3.63) is 84.4 Å². The average molecular weight is 395 g/mol. The summed E-state index contributed by atoms with van der Waals surface area (Å²) in [5.74, 6) is 0.729. The molecule has 0 saturated carbocycles. The van der Waals surface area contributed by atoms with Gasteiger partial charge in [-0.1, -0.05) is 36.4 Å². The molecule has 0 bridgehead atoms. The van der Waals surface area contributed by atoms with Crippen molar-refractivity contribution < 1.29 is 17.9 Å². The maximum atomic E-state index is 12.7. The fraction of sp³-hybridized carbons (Fsp3) is 0.136. The van der Waals surface area contributed by atoms with E-state index in [2.05, 4.69) is 5.32 Å². The Kier molecular flexibility index (Phi) is 5.80. The summed E-state index contributed by atoms with van der Waals surface area (Å²) >= 11 is 0. The molecule has 0 unspecified atom stereocenters. The van der Waals surface area contributed by atoms with E-state index in [0.717, 1.165) is 0 Å². The molecule has 0 aliphatic heterocycles. The van der Waals surface area contributed by atoms with Gasteiger partial charge in [-0.25, -0.2) is 8.42 Å². The fourth-order valence-electron chi connectivity index (χ4n) is 2.56. The minimum Gasteiger partial charge on any atom is -0.455 e. The molecule has 0 heterocycles. The van der Waals surface area contributed by atoms with Crippen molar-refractivity contribution in [1.82, 2.24) is 0 Å². The Morgan fingerprint density at radius 1 is 0.893 bits per heavy atom. The Balaban J connectivity index is 1.85. The number of para-hydroxylation sites is 3. The number of anilines is 1. The molecule has 0 aliphatic carbocycles. The maximum absolute atomic E-state index is 12.7. The van der Waals surface area contributed by atoms with Crippen molar-refractivity contribution in [2.75, 3.05) is 5.32 Å². The number of rotatable bonds is 6. The predicted molar refractivity (Wildman–Crippen MR) is 110 cm³/mol. The van der Waals surface area contributed by atoms with Gasteiger partial charge in [0.2, 0.25) is 0 Å². The van der Waals surface area contributed by atoms with Gasteiger partial charge in [0, 0.05) is 5.56 Å². The molecule has 3 aromatic carbocycles. The Labute approximate surface area is 164 Å². The highest BCUT2D eigenvalue weighted by Gasteiger charge is 2.20. The molecule has 3 aromatic rings. The number of carbonyl (C=O) groups excluding carboxylic acids is 1. The second-order valence-electron chi connectivity index (χ2n) is 6.49. The first-order chi connectivity index (χ1) is 13.4. The van der Waals surface area contributed by atoms with Crippen LogP contribution >= 0.6 is 0 Å². The molecule has 28 heavy (non-hydrogen) atoms. The Morgan fingerprint density at radius 3 is 2.29 bits per heavy atom. The van der Waals surface area contributed by atoms with Gasteiger partial charge in [0.1, 0.15) is 5.75 Å². The summed E-state index contributed by atoms with van der Waals surface area (Å²) in [5, 5.41) is 2.23. The number of benzene rings is 3. The van der Waals surface area contributed by atoms with E-state index < -0.39 is 21.0 Å². The van der Waals surface area contributed by atoms with Crippen LogP contribution in [0, 0.1) is 0 Å². The largest absolute Gasteiger partial charge is 0.455 e. The SMILES string of the molecule is CC(C)S(=O)(=O)c1cccc(C(=O)Nc2ccccc2Oc2ccccc2)c1. The molecule has 1 N–H and O–H groups in total. The zero-order valence-electron chi connectivity index (χ0n) is 15.6. The molecule has 6 heteroatoms. The number of hydrogen-bond acceptors (Lipinski definition) is 4. The average Bonchev–Trinajstić information content (AvgIpc) is 2.70. The number of carbonyl (C=O) groups is 1. The van der Waals surface area contributed by atoms with Crippen molar-refractivity contribution in [2.24, 2.45) is 0 Å². The summed E-state index contributed by atoms with van der Waals surface area (Å²) in [7, 11) is -3.46. The summed E-state index contributed by atoms with van der Waals surface area (Å²) in [6.07, 6.45) is 0. The van der Waals surface area contributed by atoms with Gasteiger partial charge in [-0.15, -0.1) is 0 Å². The van der Waals surface area contributed by atoms with Crippen molar-refractivity contribution in [1.29, 1.82) is 0 Å². The van der Waals surface area contributed by atoms with Crippen molar-refractivity contribution in [3.8, 4) is 11.5 Å². The van der Waals surface area contributed by atoms with Gasteiger partial charge in [-0.2, -0.15) is 0 Å². The third kappa shape index (κ3) is 4.40. The summed E-state index contributed by atoms with van der Waals surface area (Å²) < 4.78 is 30.6. The van der Waals surface area contributed by atoms with Crippen LogP contribution in [-0.4, -0.2) is 19.6 Å². The van der Waals surface area contributed by atoms with Gasteiger partial charge in [0.05, 0.1) is 15.8 Å². The molecular formula is C22H21NO4S. The second kappa shape index (κ2) is 8.27. The van der Waals surface area contributed by atoms with Crippen LogP contribution in [0.2, 0.25) is 0 Å². The third-order valence-electron chi connectivity index (χ3n) is 4.15. The molecule has 0 fully saturated rings.